The maximum Gasteiger partial charge on any atom is 0.151 e. The van der Waals surface area contributed by atoms with Crippen molar-refractivity contribution in [2.75, 3.05) is 0 Å². The summed E-state index contributed by atoms with van der Waals surface area (Å²) in [7, 11) is 0. The number of aromatic nitrogens is 1. The minimum absolute atomic E-state index is 0.601. The second-order valence-corrected chi connectivity index (χ2v) is 4.35. The summed E-state index contributed by atoms with van der Waals surface area (Å²) in [6, 6.07) is 11.7. The second kappa shape index (κ2) is 4.53. The Morgan fingerprint density at radius 3 is 2.33 bits per heavy atom. The molecule has 2 aromatic rings. The van der Waals surface area contributed by atoms with E-state index < -0.39 is 0 Å². The van der Waals surface area contributed by atoms with Crippen molar-refractivity contribution in [3.05, 3.63) is 51.7 Å². The highest BCUT2D eigenvalue weighted by Gasteiger charge is 1.98. The van der Waals surface area contributed by atoms with Crippen molar-refractivity contribution in [3.63, 3.8) is 0 Å². The van der Waals surface area contributed by atoms with Crippen molar-refractivity contribution in [2.24, 2.45) is 0 Å². The minimum atomic E-state index is 0.601. The zero-order valence-electron chi connectivity index (χ0n) is 7.85. The lowest BCUT2D eigenvalue weighted by molar-refractivity contribution is 0.112. The Hall–Kier alpha value is -1.23. The molecule has 2 nitrogen and oxygen atoms in total. The molecule has 3 heteroatoms. The monoisotopic (exact) mass is 309 g/mol. The van der Waals surface area contributed by atoms with Gasteiger partial charge in [0.15, 0.2) is 6.29 Å². The summed E-state index contributed by atoms with van der Waals surface area (Å²) in [4.78, 5) is 14.7. The first-order valence-corrected chi connectivity index (χ1v) is 5.54. The van der Waals surface area contributed by atoms with Gasteiger partial charge < -0.3 is 0 Å². The van der Waals surface area contributed by atoms with E-state index in [0.29, 0.717) is 5.56 Å². The quantitative estimate of drug-likeness (QED) is 0.630. The van der Waals surface area contributed by atoms with Crippen LogP contribution in [0.3, 0.4) is 0 Å². The van der Waals surface area contributed by atoms with Crippen LogP contribution >= 0.6 is 22.6 Å². The Balaban J connectivity index is 2.37. The smallest absolute Gasteiger partial charge is 0.151 e. The van der Waals surface area contributed by atoms with Gasteiger partial charge in [0, 0.05) is 20.9 Å². The van der Waals surface area contributed by atoms with Crippen LogP contribution < -0.4 is 0 Å². The molecule has 2 rings (SSSR count). The Labute approximate surface area is 101 Å². The van der Waals surface area contributed by atoms with Gasteiger partial charge in [0.05, 0.1) is 5.69 Å². The Morgan fingerprint density at radius 1 is 1.07 bits per heavy atom. The highest BCUT2D eigenvalue weighted by Crippen LogP contribution is 2.17. The minimum Gasteiger partial charge on any atom is -0.298 e. The molecule has 0 aliphatic heterocycles. The average molecular weight is 309 g/mol. The molecule has 1 heterocycles. The molecule has 0 saturated carbocycles. The first kappa shape index (κ1) is 10.3. The summed E-state index contributed by atoms with van der Waals surface area (Å²) in [6.07, 6.45) is 2.38. The topological polar surface area (TPSA) is 30.0 Å². The largest absolute Gasteiger partial charge is 0.298 e. The fraction of sp³-hybridized carbons (Fsp3) is 0. The van der Waals surface area contributed by atoms with Crippen molar-refractivity contribution >= 4 is 28.9 Å². The van der Waals surface area contributed by atoms with Crippen molar-refractivity contribution in [3.8, 4) is 11.3 Å². The number of benzene rings is 1. The zero-order chi connectivity index (χ0) is 10.7. The van der Waals surface area contributed by atoms with Gasteiger partial charge in [-0.1, -0.05) is 12.1 Å². The normalized spacial score (nSPS) is 9.93. The van der Waals surface area contributed by atoms with E-state index in [4.69, 9.17) is 0 Å². The fourth-order valence-corrected chi connectivity index (χ4v) is 1.63. The van der Waals surface area contributed by atoms with Gasteiger partial charge in [0.1, 0.15) is 0 Å². The van der Waals surface area contributed by atoms with E-state index in [2.05, 4.69) is 27.6 Å². The molecule has 0 radical (unpaired) electrons. The van der Waals surface area contributed by atoms with Gasteiger partial charge in [-0.3, -0.25) is 9.78 Å². The maximum atomic E-state index is 10.5. The molecule has 0 saturated heterocycles. The highest BCUT2D eigenvalue weighted by molar-refractivity contribution is 14.1. The molecule has 0 spiro atoms. The third-order valence-electron chi connectivity index (χ3n) is 2.06. The number of carbonyl (C=O) groups is 1. The zero-order valence-corrected chi connectivity index (χ0v) is 10.0. The van der Waals surface area contributed by atoms with Gasteiger partial charge in [-0.15, -0.1) is 0 Å². The molecule has 0 aliphatic carbocycles. The Kier molecular flexibility index (Phi) is 3.11. The second-order valence-electron chi connectivity index (χ2n) is 3.10. The van der Waals surface area contributed by atoms with E-state index in [9.17, 15) is 4.79 Å². The average Bonchev–Trinajstić information content (AvgIpc) is 2.30. The lowest BCUT2D eigenvalue weighted by atomic mass is 10.1. The molecule has 0 N–H and O–H groups in total. The maximum absolute atomic E-state index is 10.5. The third kappa shape index (κ3) is 2.41. The number of pyridine rings is 1. The summed E-state index contributed by atoms with van der Waals surface area (Å²) in [5.74, 6) is 0. The van der Waals surface area contributed by atoms with E-state index in [1.807, 2.05) is 30.3 Å². The van der Waals surface area contributed by atoms with E-state index in [1.165, 1.54) is 3.57 Å². The van der Waals surface area contributed by atoms with Crippen molar-refractivity contribution < 1.29 is 4.79 Å². The van der Waals surface area contributed by atoms with E-state index in [1.54, 1.807) is 12.3 Å². The number of hydrogen-bond acceptors (Lipinski definition) is 2. The summed E-state index contributed by atoms with van der Waals surface area (Å²) >= 11 is 2.26. The molecule has 0 aliphatic rings. The molecule has 0 atom stereocenters. The summed E-state index contributed by atoms with van der Waals surface area (Å²) < 4.78 is 1.20. The van der Waals surface area contributed by atoms with Crippen LogP contribution in [0.4, 0.5) is 0 Å². The fourth-order valence-electron chi connectivity index (χ4n) is 1.27. The van der Waals surface area contributed by atoms with E-state index in [-0.39, 0.29) is 0 Å². The van der Waals surface area contributed by atoms with Crippen molar-refractivity contribution in [1.29, 1.82) is 0 Å². The molecule has 1 aromatic heterocycles. The first-order chi connectivity index (χ1) is 7.29. The highest BCUT2D eigenvalue weighted by atomic mass is 127. The van der Waals surface area contributed by atoms with Gasteiger partial charge >= 0.3 is 0 Å². The summed E-state index contributed by atoms with van der Waals surface area (Å²) in [6.45, 7) is 0. The molecule has 1 aromatic carbocycles. The van der Waals surface area contributed by atoms with Crippen molar-refractivity contribution in [1.82, 2.24) is 4.98 Å². The van der Waals surface area contributed by atoms with Crippen LogP contribution in [0.15, 0.2) is 42.6 Å². The van der Waals surface area contributed by atoms with Gasteiger partial charge in [0.2, 0.25) is 0 Å². The lowest BCUT2D eigenvalue weighted by Gasteiger charge is -2.00. The molecule has 15 heavy (non-hydrogen) atoms. The van der Waals surface area contributed by atoms with Crippen LogP contribution in [-0.2, 0) is 0 Å². The number of rotatable bonds is 2. The molecule has 0 bridgehead atoms. The van der Waals surface area contributed by atoms with Crippen LogP contribution in [-0.4, -0.2) is 11.3 Å². The van der Waals surface area contributed by atoms with Crippen LogP contribution in [0.25, 0.3) is 11.3 Å². The Bertz CT molecular complexity index is 462. The number of carbonyl (C=O) groups excluding carboxylic acids is 1. The third-order valence-corrected chi connectivity index (χ3v) is 2.78. The number of aldehydes is 1. The standard InChI is InChI=1S/C12H8INO/c13-11-4-2-10(3-5-11)12-6-1-9(8-15)7-14-12/h1-8H. The van der Waals surface area contributed by atoms with Crippen LogP contribution in [0.2, 0.25) is 0 Å². The molecule has 0 fully saturated rings. The van der Waals surface area contributed by atoms with Crippen LogP contribution in [0.5, 0.6) is 0 Å². The SMILES string of the molecule is O=Cc1ccc(-c2ccc(I)cc2)nc1. The number of halogens is 1. The van der Waals surface area contributed by atoms with E-state index >= 15 is 0 Å². The summed E-state index contributed by atoms with van der Waals surface area (Å²) in [5.41, 5.74) is 2.55. The van der Waals surface area contributed by atoms with Gasteiger partial charge in [-0.25, -0.2) is 0 Å². The predicted molar refractivity (Wildman–Crippen MR) is 67.8 cm³/mol. The molecule has 74 valence electrons. The van der Waals surface area contributed by atoms with Gasteiger partial charge in [0.25, 0.3) is 0 Å². The van der Waals surface area contributed by atoms with Crippen LogP contribution in [0.1, 0.15) is 10.4 Å². The Morgan fingerprint density at radius 2 is 1.80 bits per heavy atom. The van der Waals surface area contributed by atoms with Crippen molar-refractivity contribution in [2.45, 2.75) is 0 Å². The van der Waals surface area contributed by atoms with Crippen LogP contribution in [0, 0.1) is 3.57 Å². The molecule has 0 amide bonds. The lowest BCUT2D eigenvalue weighted by Crippen LogP contribution is -1.86. The summed E-state index contributed by atoms with van der Waals surface area (Å²) in [5, 5.41) is 0. The van der Waals surface area contributed by atoms with Gasteiger partial charge in [-0.2, -0.15) is 0 Å². The number of hydrogen-bond donors (Lipinski definition) is 0. The first-order valence-electron chi connectivity index (χ1n) is 4.47. The molecular formula is C12H8INO. The predicted octanol–water partition coefficient (Wildman–Crippen LogP) is 3.17. The van der Waals surface area contributed by atoms with Gasteiger partial charge in [-0.05, 0) is 46.9 Å². The molecule has 0 unspecified atom stereocenters. The van der Waals surface area contributed by atoms with E-state index in [0.717, 1.165) is 17.5 Å². The molecular weight excluding hydrogens is 301 g/mol. The number of nitrogens with zero attached hydrogens (tertiary/aromatic N) is 1.